The Hall–Kier alpha value is -2.23. The van der Waals surface area contributed by atoms with Crippen LogP contribution in [-0.2, 0) is 11.0 Å². The van der Waals surface area contributed by atoms with Crippen LogP contribution in [0, 0.1) is 11.3 Å². The summed E-state index contributed by atoms with van der Waals surface area (Å²) < 4.78 is 37.6. The highest BCUT2D eigenvalue weighted by atomic mass is 19.4. The van der Waals surface area contributed by atoms with E-state index in [4.69, 9.17) is 5.26 Å². The number of alkyl halides is 3. The second-order valence-corrected chi connectivity index (χ2v) is 4.43. The van der Waals surface area contributed by atoms with Gasteiger partial charge in [-0.15, -0.1) is 0 Å². The highest BCUT2D eigenvalue weighted by Gasteiger charge is 2.31. The molecule has 0 fully saturated rings. The molecule has 0 aliphatic rings. The van der Waals surface area contributed by atoms with Crippen molar-refractivity contribution >= 4 is 11.6 Å². The summed E-state index contributed by atoms with van der Waals surface area (Å²) >= 11 is 0. The number of nitrogens with one attached hydrogen (secondary N) is 2. The monoisotopic (exact) mass is 299 g/mol. The van der Waals surface area contributed by atoms with Gasteiger partial charge in [0, 0.05) is 6.54 Å². The molecule has 1 amide bonds. The van der Waals surface area contributed by atoms with Crippen LogP contribution in [0.1, 0.15) is 30.9 Å². The molecule has 0 saturated heterocycles. The maximum Gasteiger partial charge on any atom is 0.416 e. The summed E-state index contributed by atoms with van der Waals surface area (Å²) in [6.07, 6.45) is -2.69. The van der Waals surface area contributed by atoms with Crippen LogP contribution in [0.2, 0.25) is 0 Å². The molecule has 0 aliphatic carbocycles. The van der Waals surface area contributed by atoms with Crippen molar-refractivity contribution in [2.75, 3.05) is 18.4 Å². The Morgan fingerprint density at radius 1 is 1.38 bits per heavy atom. The van der Waals surface area contributed by atoms with Crippen LogP contribution in [0.15, 0.2) is 18.2 Å². The van der Waals surface area contributed by atoms with Gasteiger partial charge in [0.25, 0.3) is 0 Å². The Balaban J connectivity index is 2.68. The molecule has 1 aromatic rings. The van der Waals surface area contributed by atoms with Crippen molar-refractivity contribution in [1.82, 2.24) is 5.32 Å². The van der Waals surface area contributed by atoms with Crippen LogP contribution >= 0.6 is 0 Å². The number of amides is 1. The average molecular weight is 299 g/mol. The number of nitriles is 1. The zero-order chi connectivity index (χ0) is 15.9. The summed E-state index contributed by atoms with van der Waals surface area (Å²) in [6, 6.07) is 4.48. The maximum absolute atomic E-state index is 12.5. The quantitative estimate of drug-likeness (QED) is 0.794. The molecule has 0 atom stereocenters. The van der Waals surface area contributed by atoms with Crippen molar-refractivity contribution in [3.05, 3.63) is 29.3 Å². The summed E-state index contributed by atoms with van der Waals surface area (Å²) in [7, 11) is 0. The van der Waals surface area contributed by atoms with Gasteiger partial charge in [0.1, 0.15) is 6.07 Å². The molecule has 0 bridgehead atoms. The lowest BCUT2D eigenvalue weighted by Crippen LogP contribution is -2.30. The Kier molecular flexibility index (Phi) is 6.03. The number of benzene rings is 1. The minimum Gasteiger partial charge on any atom is -0.375 e. The molecule has 2 N–H and O–H groups in total. The van der Waals surface area contributed by atoms with Crippen molar-refractivity contribution in [3.63, 3.8) is 0 Å². The minimum absolute atomic E-state index is 0.0935. The second kappa shape index (κ2) is 7.53. The maximum atomic E-state index is 12.5. The van der Waals surface area contributed by atoms with Crippen LogP contribution in [-0.4, -0.2) is 19.0 Å². The first-order valence-corrected chi connectivity index (χ1v) is 6.50. The highest BCUT2D eigenvalue weighted by molar-refractivity contribution is 5.81. The molecule has 7 heteroatoms. The normalized spacial score (nSPS) is 10.8. The van der Waals surface area contributed by atoms with E-state index in [0.717, 1.165) is 31.0 Å². The van der Waals surface area contributed by atoms with E-state index in [1.54, 1.807) is 6.07 Å². The molecule has 4 nitrogen and oxygen atoms in total. The number of carbonyl (C=O) groups excluding carboxylic acids is 1. The summed E-state index contributed by atoms with van der Waals surface area (Å²) in [4.78, 5) is 11.5. The Morgan fingerprint density at radius 3 is 2.67 bits per heavy atom. The third kappa shape index (κ3) is 5.34. The Labute approximate surface area is 121 Å². The van der Waals surface area contributed by atoms with Gasteiger partial charge in [-0.25, -0.2) is 0 Å². The molecular weight excluding hydrogens is 283 g/mol. The topological polar surface area (TPSA) is 64.9 Å². The fraction of sp³-hybridized carbons (Fsp3) is 0.429. The number of unbranched alkanes of at least 4 members (excludes halogenated alkanes) is 1. The lowest BCUT2D eigenvalue weighted by atomic mass is 10.1. The Bertz CT molecular complexity index is 535. The zero-order valence-electron chi connectivity index (χ0n) is 11.5. The molecule has 0 spiro atoms. The standard InChI is InChI=1S/C14H16F3N3O/c1-2-3-6-19-13(21)9-20-12-5-4-11(14(15,16)17)7-10(12)8-18/h4-5,7,20H,2-3,6,9H2,1H3,(H,19,21). The van der Waals surface area contributed by atoms with Crippen LogP contribution < -0.4 is 10.6 Å². The summed E-state index contributed by atoms with van der Waals surface area (Å²) in [5, 5.41) is 14.2. The molecule has 0 radical (unpaired) electrons. The number of rotatable bonds is 6. The molecule has 0 saturated carbocycles. The molecule has 21 heavy (non-hydrogen) atoms. The largest absolute Gasteiger partial charge is 0.416 e. The fourth-order valence-electron chi connectivity index (χ4n) is 1.61. The summed E-state index contributed by atoms with van der Waals surface area (Å²) in [5.41, 5.74) is -0.834. The van der Waals surface area contributed by atoms with Crippen molar-refractivity contribution < 1.29 is 18.0 Å². The van der Waals surface area contributed by atoms with Crippen LogP contribution in [0.4, 0.5) is 18.9 Å². The first-order valence-electron chi connectivity index (χ1n) is 6.50. The molecule has 0 aliphatic heterocycles. The molecular formula is C14H16F3N3O. The highest BCUT2D eigenvalue weighted by Crippen LogP contribution is 2.31. The van der Waals surface area contributed by atoms with Crippen molar-refractivity contribution in [3.8, 4) is 6.07 Å². The Morgan fingerprint density at radius 2 is 2.10 bits per heavy atom. The van der Waals surface area contributed by atoms with Crippen LogP contribution in [0.3, 0.4) is 0 Å². The van der Waals surface area contributed by atoms with E-state index in [9.17, 15) is 18.0 Å². The van der Waals surface area contributed by atoms with Gasteiger partial charge in [-0.2, -0.15) is 18.4 Å². The van der Waals surface area contributed by atoms with Gasteiger partial charge in [-0.1, -0.05) is 13.3 Å². The lowest BCUT2D eigenvalue weighted by molar-refractivity contribution is -0.137. The summed E-state index contributed by atoms with van der Waals surface area (Å²) in [5.74, 6) is -0.271. The number of carbonyl (C=O) groups is 1. The molecule has 1 aromatic carbocycles. The third-order valence-corrected chi connectivity index (χ3v) is 2.76. The number of nitrogens with zero attached hydrogens (tertiary/aromatic N) is 1. The van der Waals surface area contributed by atoms with E-state index in [0.29, 0.717) is 6.54 Å². The zero-order valence-corrected chi connectivity index (χ0v) is 11.5. The van der Waals surface area contributed by atoms with Gasteiger partial charge in [-0.3, -0.25) is 4.79 Å². The second-order valence-electron chi connectivity index (χ2n) is 4.43. The van der Waals surface area contributed by atoms with Gasteiger partial charge in [0.15, 0.2) is 0 Å². The molecule has 0 aromatic heterocycles. The number of anilines is 1. The van der Waals surface area contributed by atoms with Gasteiger partial charge >= 0.3 is 6.18 Å². The van der Waals surface area contributed by atoms with E-state index in [-0.39, 0.29) is 23.7 Å². The van der Waals surface area contributed by atoms with Gasteiger partial charge in [0.05, 0.1) is 23.4 Å². The van der Waals surface area contributed by atoms with E-state index >= 15 is 0 Å². The van der Waals surface area contributed by atoms with Crippen molar-refractivity contribution in [1.29, 1.82) is 5.26 Å². The first-order chi connectivity index (χ1) is 9.88. The first kappa shape index (κ1) is 16.8. The third-order valence-electron chi connectivity index (χ3n) is 2.76. The summed E-state index contributed by atoms with van der Waals surface area (Å²) in [6.45, 7) is 2.45. The number of hydrogen-bond acceptors (Lipinski definition) is 3. The van der Waals surface area contributed by atoms with Gasteiger partial charge < -0.3 is 10.6 Å². The predicted octanol–water partition coefficient (Wildman–Crippen LogP) is 2.91. The SMILES string of the molecule is CCCCNC(=O)CNc1ccc(C(F)(F)F)cc1C#N. The van der Waals surface area contributed by atoms with E-state index in [1.807, 2.05) is 6.92 Å². The van der Waals surface area contributed by atoms with Crippen LogP contribution in [0.5, 0.6) is 0 Å². The average Bonchev–Trinajstić information content (AvgIpc) is 2.44. The number of halogens is 3. The molecule has 1 rings (SSSR count). The van der Waals surface area contributed by atoms with E-state index < -0.39 is 11.7 Å². The smallest absolute Gasteiger partial charge is 0.375 e. The molecule has 0 heterocycles. The lowest BCUT2D eigenvalue weighted by Gasteiger charge is -2.11. The van der Waals surface area contributed by atoms with E-state index in [1.165, 1.54) is 0 Å². The van der Waals surface area contributed by atoms with Crippen molar-refractivity contribution in [2.45, 2.75) is 25.9 Å². The van der Waals surface area contributed by atoms with Gasteiger partial charge in [-0.05, 0) is 24.6 Å². The van der Waals surface area contributed by atoms with E-state index in [2.05, 4.69) is 10.6 Å². The molecule has 114 valence electrons. The van der Waals surface area contributed by atoms with Gasteiger partial charge in [0.2, 0.25) is 5.91 Å². The van der Waals surface area contributed by atoms with Crippen LogP contribution in [0.25, 0.3) is 0 Å². The fourth-order valence-corrected chi connectivity index (χ4v) is 1.61. The molecule has 0 unspecified atom stereocenters. The van der Waals surface area contributed by atoms with Crippen molar-refractivity contribution in [2.24, 2.45) is 0 Å². The predicted molar refractivity (Wildman–Crippen MR) is 72.6 cm³/mol. The minimum atomic E-state index is -4.50. The number of hydrogen-bond donors (Lipinski definition) is 2.